The van der Waals surface area contributed by atoms with Gasteiger partial charge >= 0.3 is 11.7 Å². The van der Waals surface area contributed by atoms with E-state index in [2.05, 4.69) is 56.5 Å². The van der Waals surface area contributed by atoms with Gasteiger partial charge in [0, 0.05) is 38.4 Å². The Morgan fingerprint density at radius 1 is 1.03 bits per heavy atom. The molecular formula is C20H34N10O6S2+2. The van der Waals surface area contributed by atoms with Crippen LogP contribution in [-0.2, 0) is 16.1 Å². The predicted molar refractivity (Wildman–Crippen MR) is 145 cm³/mol. The zero-order valence-electron chi connectivity index (χ0n) is 21.1. The number of nitrogens with zero attached hydrogens (tertiary/aromatic N) is 5. The summed E-state index contributed by atoms with van der Waals surface area (Å²) in [5.41, 5.74) is 0. The minimum absolute atomic E-state index is 0.0891. The van der Waals surface area contributed by atoms with E-state index < -0.39 is 21.9 Å². The normalized spacial score (nSPS) is 16.4. The van der Waals surface area contributed by atoms with Crippen LogP contribution in [0.4, 0.5) is 5.82 Å². The van der Waals surface area contributed by atoms with Crippen LogP contribution in [0.5, 0.6) is 0 Å². The number of aromatic amines is 1. The van der Waals surface area contributed by atoms with Crippen LogP contribution in [0.2, 0.25) is 0 Å². The van der Waals surface area contributed by atoms with Gasteiger partial charge in [0.1, 0.15) is 9.85 Å². The number of aryl methyl sites for hydroxylation is 1. The summed E-state index contributed by atoms with van der Waals surface area (Å²) in [5.74, 6) is 0.248. The average molecular weight is 575 g/mol. The number of nitro groups is 2. The van der Waals surface area contributed by atoms with Crippen molar-refractivity contribution in [3.63, 3.8) is 0 Å². The molecule has 1 aromatic heterocycles. The molecule has 2 rings (SSSR count). The molecule has 0 radical (unpaired) electrons. The first-order chi connectivity index (χ1) is 18.1. The van der Waals surface area contributed by atoms with Crippen molar-refractivity contribution in [2.45, 2.75) is 38.6 Å². The summed E-state index contributed by atoms with van der Waals surface area (Å²) >= 11 is 8.43. The van der Waals surface area contributed by atoms with Crippen LogP contribution in [0.3, 0.4) is 0 Å². The zero-order chi connectivity index (χ0) is 28.2. The Morgan fingerprint density at radius 3 is 2.08 bits per heavy atom. The number of H-pyrrole nitrogens is 1. The van der Waals surface area contributed by atoms with E-state index in [-0.39, 0.29) is 67.3 Å². The first-order valence-electron chi connectivity index (χ1n) is 11.9. The number of aromatic nitrogens is 2. The summed E-state index contributed by atoms with van der Waals surface area (Å²) in [4.78, 5) is 52.9. The summed E-state index contributed by atoms with van der Waals surface area (Å²) in [6.07, 6.45) is 2.14. The van der Waals surface area contributed by atoms with Gasteiger partial charge in [0.2, 0.25) is 18.0 Å². The Bertz CT molecular complexity index is 1080. The predicted octanol–water partition coefficient (Wildman–Crippen LogP) is -2.35. The van der Waals surface area contributed by atoms with Crippen molar-refractivity contribution >= 4 is 54.9 Å². The molecule has 0 saturated heterocycles. The highest BCUT2D eigenvalue weighted by molar-refractivity contribution is 7.80. The highest BCUT2D eigenvalue weighted by Crippen LogP contribution is 2.03. The molecule has 18 heteroatoms. The van der Waals surface area contributed by atoms with Gasteiger partial charge in [-0.3, -0.25) is 29.8 Å². The van der Waals surface area contributed by atoms with E-state index in [4.69, 9.17) is 0 Å². The van der Waals surface area contributed by atoms with Crippen LogP contribution in [-0.4, -0.2) is 106 Å². The minimum atomic E-state index is -0.605. The molecule has 2 heterocycles. The first-order valence-corrected chi connectivity index (χ1v) is 13.1. The van der Waals surface area contributed by atoms with Crippen LogP contribution in [0.1, 0.15) is 12.7 Å². The molecule has 0 bridgehead atoms. The smallest absolute Gasteiger partial charge is 0.348 e. The van der Waals surface area contributed by atoms with Gasteiger partial charge in [-0.2, -0.15) is 25.3 Å². The van der Waals surface area contributed by atoms with E-state index in [1.54, 1.807) is 13.8 Å². The Hall–Kier alpha value is -3.09. The van der Waals surface area contributed by atoms with Crippen molar-refractivity contribution in [2.24, 2.45) is 4.99 Å². The molecule has 0 aliphatic carbocycles. The van der Waals surface area contributed by atoms with E-state index in [0.717, 1.165) is 0 Å². The molecule has 5 N–H and O–H groups in total. The number of aliphatic imine (C=N–C) groups is 1. The quantitative estimate of drug-likeness (QED) is 0.0373. The van der Waals surface area contributed by atoms with Crippen LogP contribution < -0.4 is 25.8 Å². The average Bonchev–Trinajstić information content (AvgIpc) is 3.43. The van der Waals surface area contributed by atoms with Gasteiger partial charge in [-0.25, -0.2) is 4.99 Å². The fourth-order valence-corrected chi connectivity index (χ4v) is 4.30. The molecule has 0 aromatic carbocycles. The van der Waals surface area contributed by atoms with Crippen molar-refractivity contribution in [1.29, 1.82) is 0 Å². The summed E-state index contributed by atoms with van der Waals surface area (Å²) in [6, 6.07) is -1.21. The van der Waals surface area contributed by atoms with E-state index in [0.29, 0.717) is 18.9 Å². The van der Waals surface area contributed by atoms with Gasteiger partial charge in [0.25, 0.3) is 5.82 Å². The number of hydrogen-bond acceptors (Lipinski definition) is 11. The number of amides is 2. The lowest BCUT2D eigenvalue weighted by atomic mass is 10.3. The number of thiol groups is 2. The lowest BCUT2D eigenvalue weighted by Crippen LogP contribution is -2.52. The third-order valence-corrected chi connectivity index (χ3v) is 6.54. The number of nitrogens with one attached hydrogen (secondary N) is 5. The molecule has 0 fully saturated rings. The van der Waals surface area contributed by atoms with E-state index in [9.17, 15) is 29.8 Å². The summed E-state index contributed by atoms with van der Waals surface area (Å²) in [7, 11) is 0. The second kappa shape index (κ2) is 15.4. The molecule has 0 spiro atoms. The standard InChI is InChI=1S/C20H32N10O6S2/c1-13-25-9-17(29(33)34)27(13)7-5-23-19(31)15(11-37)21-3-4-22-16(12-38)20(32)24-6-8-28-14(2)26-10-18(28)30(35)36/h9-10,13,15-16,21-22H,3-8,11-12H2,1-2H3,(H3-,23,24,31,32,37,38)/p+2. The summed E-state index contributed by atoms with van der Waals surface area (Å²) < 4.78 is 2.96. The molecular weight excluding hydrogens is 540 g/mol. The van der Waals surface area contributed by atoms with Crippen LogP contribution in [0.15, 0.2) is 11.2 Å². The molecule has 16 nitrogen and oxygen atoms in total. The van der Waals surface area contributed by atoms with Crippen LogP contribution in [0, 0.1) is 27.2 Å². The highest BCUT2D eigenvalue weighted by atomic mass is 32.1. The lowest BCUT2D eigenvalue weighted by Gasteiger charge is -2.19. The largest absolute Gasteiger partial charge is 0.519 e. The summed E-state index contributed by atoms with van der Waals surface area (Å²) in [5, 5.41) is 33.8. The van der Waals surface area contributed by atoms with Crippen molar-refractivity contribution < 1.29 is 28.6 Å². The molecule has 1 aliphatic heterocycles. The maximum atomic E-state index is 12.5. The second-order valence-electron chi connectivity index (χ2n) is 8.32. The van der Waals surface area contributed by atoms with Crippen molar-refractivity contribution in [3.05, 3.63) is 32.2 Å². The van der Waals surface area contributed by atoms with Gasteiger partial charge in [0.15, 0.2) is 25.5 Å². The molecule has 38 heavy (non-hydrogen) atoms. The minimum Gasteiger partial charge on any atom is -0.348 e. The number of carbonyl (C=O) groups is 2. The molecule has 3 unspecified atom stereocenters. The lowest BCUT2D eigenvalue weighted by molar-refractivity contribution is -0.737. The van der Waals surface area contributed by atoms with E-state index in [1.165, 1.54) is 21.6 Å². The monoisotopic (exact) mass is 574 g/mol. The maximum absolute atomic E-state index is 12.5. The zero-order valence-corrected chi connectivity index (χ0v) is 22.9. The third kappa shape index (κ3) is 8.74. The SMILES string of the molecule is Cc1[nH]cc([N+](=O)[O-])[n+]1CCNC(=O)C(CS)NCCNC(CS)C(=O)NCC[N+]1=C([N+](=O)[O-])C=NC1C. The second-order valence-corrected chi connectivity index (χ2v) is 9.05. The number of hydrogen-bond donors (Lipinski definition) is 7. The molecule has 210 valence electrons. The van der Waals surface area contributed by atoms with E-state index >= 15 is 0 Å². The van der Waals surface area contributed by atoms with Gasteiger partial charge in [-0.15, -0.1) is 9.14 Å². The number of carbonyl (C=O) groups excluding carboxylic acids is 2. The fourth-order valence-electron chi connectivity index (χ4n) is 3.71. The van der Waals surface area contributed by atoms with Gasteiger partial charge in [-0.1, -0.05) is 0 Å². The first kappa shape index (κ1) is 31.1. The Balaban J connectivity index is 1.71. The van der Waals surface area contributed by atoms with Crippen molar-refractivity contribution in [3.8, 4) is 0 Å². The molecule has 2 amide bonds. The Labute approximate surface area is 229 Å². The highest BCUT2D eigenvalue weighted by Gasteiger charge is 2.34. The topological polar surface area (TPSA) is 204 Å². The number of amidine groups is 1. The number of imidazole rings is 1. The van der Waals surface area contributed by atoms with Crippen molar-refractivity contribution in [1.82, 2.24) is 26.3 Å². The summed E-state index contributed by atoms with van der Waals surface area (Å²) in [6.45, 7) is 4.99. The van der Waals surface area contributed by atoms with Crippen LogP contribution in [0.25, 0.3) is 0 Å². The molecule has 3 atom stereocenters. The Kier molecular flexibility index (Phi) is 12.6. The Morgan fingerprint density at radius 2 is 1.58 bits per heavy atom. The van der Waals surface area contributed by atoms with Gasteiger partial charge in [0.05, 0.1) is 25.2 Å². The fraction of sp³-hybridized carbons (Fsp3) is 0.650. The van der Waals surface area contributed by atoms with Crippen molar-refractivity contribution in [2.75, 3.05) is 44.2 Å². The third-order valence-electron chi connectivity index (χ3n) is 5.81. The maximum Gasteiger partial charge on any atom is 0.519 e. The number of rotatable bonds is 16. The van der Waals surface area contributed by atoms with E-state index in [1.807, 2.05) is 0 Å². The van der Waals surface area contributed by atoms with Gasteiger partial charge in [-0.05, 0) is 0 Å². The van der Waals surface area contributed by atoms with Gasteiger partial charge < -0.3 is 26.3 Å². The molecule has 0 saturated carbocycles. The molecule has 1 aromatic rings. The van der Waals surface area contributed by atoms with Crippen LogP contribution >= 0.6 is 25.3 Å². The molecule has 1 aliphatic rings.